The van der Waals surface area contributed by atoms with Crippen LogP contribution in [0.25, 0.3) is 11.2 Å². The SMILES string of the molecule is O=C(CC1CCCN(c2nc3ncccc3o2)C1)NCC1(CO)CCCC1. The normalized spacial score (nSPS) is 22.3. The van der Waals surface area contributed by atoms with Crippen molar-refractivity contribution in [3.8, 4) is 0 Å². The van der Waals surface area contributed by atoms with Crippen molar-refractivity contribution >= 4 is 23.2 Å². The minimum absolute atomic E-state index is 0.0841. The van der Waals surface area contributed by atoms with Crippen LogP contribution in [-0.2, 0) is 4.79 Å². The van der Waals surface area contributed by atoms with Gasteiger partial charge < -0.3 is 19.7 Å². The number of pyridine rings is 1. The van der Waals surface area contributed by atoms with Gasteiger partial charge in [-0.25, -0.2) is 4.98 Å². The lowest BCUT2D eigenvalue weighted by atomic mass is 9.87. The number of carbonyl (C=O) groups is 1. The second-order valence-corrected chi connectivity index (χ2v) is 8.12. The Hall–Kier alpha value is -2.15. The number of nitrogens with zero attached hydrogens (tertiary/aromatic N) is 3. The molecule has 7 heteroatoms. The molecule has 1 saturated carbocycles. The summed E-state index contributed by atoms with van der Waals surface area (Å²) in [6, 6.07) is 4.30. The zero-order valence-electron chi connectivity index (χ0n) is 15.7. The summed E-state index contributed by atoms with van der Waals surface area (Å²) in [6.07, 6.45) is 8.58. The first-order valence-electron chi connectivity index (χ1n) is 10.0. The predicted octanol–water partition coefficient (Wildman–Crippen LogP) is 2.50. The topological polar surface area (TPSA) is 91.5 Å². The third-order valence-corrected chi connectivity index (χ3v) is 6.08. The minimum atomic E-state index is -0.0978. The van der Waals surface area contributed by atoms with Crippen molar-refractivity contribution in [2.24, 2.45) is 11.3 Å². The zero-order valence-corrected chi connectivity index (χ0v) is 15.7. The number of amides is 1. The number of fused-ring (bicyclic) bond motifs is 1. The number of aliphatic hydroxyl groups is 1. The van der Waals surface area contributed by atoms with Crippen molar-refractivity contribution in [1.29, 1.82) is 0 Å². The highest BCUT2D eigenvalue weighted by molar-refractivity contribution is 5.76. The van der Waals surface area contributed by atoms with Crippen molar-refractivity contribution in [3.63, 3.8) is 0 Å². The molecule has 3 heterocycles. The van der Waals surface area contributed by atoms with E-state index in [-0.39, 0.29) is 23.8 Å². The Kier molecular flexibility index (Phi) is 5.29. The summed E-state index contributed by atoms with van der Waals surface area (Å²) in [5.74, 6) is 0.371. The van der Waals surface area contributed by atoms with E-state index in [1.165, 1.54) is 0 Å². The van der Waals surface area contributed by atoms with E-state index in [1.807, 2.05) is 12.1 Å². The Morgan fingerprint density at radius 2 is 2.22 bits per heavy atom. The van der Waals surface area contributed by atoms with Gasteiger partial charge in [0.15, 0.2) is 5.58 Å². The van der Waals surface area contributed by atoms with E-state index in [1.54, 1.807) is 6.20 Å². The molecular formula is C20H28N4O3. The van der Waals surface area contributed by atoms with Gasteiger partial charge in [-0.1, -0.05) is 12.8 Å². The fourth-order valence-electron chi connectivity index (χ4n) is 4.43. The molecule has 0 radical (unpaired) electrons. The van der Waals surface area contributed by atoms with Gasteiger partial charge in [-0.2, -0.15) is 4.98 Å². The van der Waals surface area contributed by atoms with E-state index >= 15 is 0 Å². The molecule has 0 spiro atoms. The van der Waals surface area contributed by atoms with Crippen LogP contribution < -0.4 is 10.2 Å². The van der Waals surface area contributed by atoms with Crippen molar-refractivity contribution < 1.29 is 14.3 Å². The van der Waals surface area contributed by atoms with Gasteiger partial charge in [0.1, 0.15) is 0 Å². The molecule has 1 atom stereocenters. The van der Waals surface area contributed by atoms with Gasteiger partial charge in [0, 0.05) is 37.7 Å². The molecule has 7 nitrogen and oxygen atoms in total. The average molecular weight is 372 g/mol. The molecular weight excluding hydrogens is 344 g/mol. The first kappa shape index (κ1) is 18.2. The highest BCUT2D eigenvalue weighted by atomic mass is 16.4. The second kappa shape index (κ2) is 7.84. The van der Waals surface area contributed by atoms with E-state index in [2.05, 4.69) is 20.2 Å². The molecule has 4 rings (SSSR count). The van der Waals surface area contributed by atoms with Gasteiger partial charge in [-0.15, -0.1) is 0 Å². The molecule has 2 fully saturated rings. The summed E-state index contributed by atoms with van der Waals surface area (Å²) >= 11 is 0. The summed E-state index contributed by atoms with van der Waals surface area (Å²) in [4.78, 5) is 23.3. The first-order valence-corrected chi connectivity index (χ1v) is 10.0. The molecule has 1 saturated heterocycles. The molecule has 0 bridgehead atoms. The van der Waals surface area contributed by atoms with Crippen LogP contribution in [0.15, 0.2) is 22.7 Å². The van der Waals surface area contributed by atoms with Crippen LogP contribution in [0.3, 0.4) is 0 Å². The Morgan fingerprint density at radius 1 is 1.37 bits per heavy atom. The quantitative estimate of drug-likeness (QED) is 0.809. The summed E-state index contributed by atoms with van der Waals surface area (Å²) in [7, 11) is 0. The van der Waals surface area contributed by atoms with E-state index in [9.17, 15) is 9.90 Å². The van der Waals surface area contributed by atoms with Gasteiger partial charge in [-0.3, -0.25) is 4.79 Å². The lowest BCUT2D eigenvalue weighted by Gasteiger charge is -2.32. The van der Waals surface area contributed by atoms with Gasteiger partial charge >= 0.3 is 0 Å². The highest BCUT2D eigenvalue weighted by Crippen LogP contribution is 2.37. The third-order valence-electron chi connectivity index (χ3n) is 6.08. The average Bonchev–Trinajstić information content (AvgIpc) is 3.34. The number of carbonyl (C=O) groups excluding carboxylic acids is 1. The number of aromatic nitrogens is 2. The Morgan fingerprint density at radius 3 is 3.00 bits per heavy atom. The smallest absolute Gasteiger partial charge is 0.299 e. The molecule has 1 amide bonds. The van der Waals surface area contributed by atoms with Gasteiger partial charge in [0.25, 0.3) is 6.01 Å². The Balaban J connectivity index is 1.32. The van der Waals surface area contributed by atoms with Crippen molar-refractivity contribution in [1.82, 2.24) is 15.3 Å². The maximum Gasteiger partial charge on any atom is 0.299 e. The van der Waals surface area contributed by atoms with Crippen LogP contribution in [0.4, 0.5) is 6.01 Å². The molecule has 2 aliphatic rings. The molecule has 146 valence electrons. The summed E-state index contributed by atoms with van der Waals surface area (Å²) in [5, 5.41) is 12.8. The number of rotatable bonds is 6. The molecule has 1 aliphatic carbocycles. The molecule has 2 aromatic heterocycles. The van der Waals surface area contributed by atoms with E-state index in [0.29, 0.717) is 30.2 Å². The van der Waals surface area contributed by atoms with E-state index < -0.39 is 0 Å². The number of piperidine rings is 1. The van der Waals surface area contributed by atoms with Gasteiger partial charge in [-0.05, 0) is 43.7 Å². The monoisotopic (exact) mass is 372 g/mol. The van der Waals surface area contributed by atoms with Crippen molar-refractivity contribution in [3.05, 3.63) is 18.3 Å². The van der Waals surface area contributed by atoms with E-state index in [4.69, 9.17) is 4.42 Å². The Bertz CT molecular complexity index is 751. The molecule has 0 aromatic carbocycles. The largest absolute Gasteiger partial charge is 0.422 e. The van der Waals surface area contributed by atoms with Crippen LogP contribution in [0.5, 0.6) is 0 Å². The summed E-state index contributed by atoms with van der Waals surface area (Å²) in [6.45, 7) is 2.41. The molecule has 27 heavy (non-hydrogen) atoms. The van der Waals surface area contributed by atoms with Crippen molar-refractivity contribution in [2.45, 2.75) is 44.9 Å². The predicted molar refractivity (Wildman–Crippen MR) is 102 cm³/mol. The van der Waals surface area contributed by atoms with E-state index in [0.717, 1.165) is 51.6 Å². The summed E-state index contributed by atoms with van der Waals surface area (Å²) < 4.78 is 5.83. The number of oxazole rings is 1. The van der Waals surface area contributed by atoms with Crippen LogP contribution in [0.2, 0.25) is 0 Å². The lowest BCUT2D eigenvalue weighted by molar-refractivity contribution is -0.122. The fraction of sp³-hybridized carbons (Fsp3) is 0.650. The fourth-order valence-corrected chi connectivity index (χ4v) is 4.43. The number of aliphatic hydroxyl groups excluding tert-OH is 1. The number of hydrogen-bond acceptors (Lipinski definition) is 6. The number of nitrogens with one attached hydrogen (secondary N) is 1. The lowest BCUT2D eigenvalue weighted by Crippen LogP contribution is -2.41. The van der Waals surface area contributed by atoms with Crippen molar-refractivity contribution in [2.75, 3.05) is 31.1 Å². The summed E-state index contributed by atoms with van der Waals surface area (Å²) in [5.41, 5.74) is 1.22. The molecule has 1 unspecified atom stereocenters. The number of anilines is 1. The maximum absolute atomic E-state index is 12.4. The molecule has 2 N–H and O–H groups in total. The van der Waals surface area contributed by atoms with Crippen LogP contribution >= 0.6 is 0 Å². The standard InChI is InChI=1S/C20H28N4O3/c25-14-20(7-1-2-8-20)13-22-17(26)11-15-5-4-10-24(12-15)19-23-18-16(27-19)6-3-9-21-18/h3,6,9,15,25H,1-2,4-5,7-8,10-14H2,(H,22,26). The molecule has 2 aromatic rings. The van der Waals surface area contributed by atoms with Crippen LogP contribution in [0, 0.1) is 11.3 Å². The van der Waals surface area contributed by atoms with Gasteiger partial charge in [0.05, 0.1) is 6.61 Å². The molecule has 1 aliphatic heterocycles. The number of hydrogen-bond donors (Lipinski definition) is 2. The zero-order chi connectivity index (χ0) is 18.7. The van der Waals surface area contributed by atoms with Crippen LogP contribution in [-0.4, -0.2) is 47.2 Å². The van der Waals surface area contributed by atoms with Crippen LogP contribution in [0.1, 0.15) is 44.9 Å². The minimum Gasteiger partial charge on any atom is -0.422 e. The second-order valence-electron chi connectivity index (χ2n) is 8.12. The third kappa shape index (κ3) is 4.08. The van der Waals surface area contributed by atoms with Gasteiger partial charge in [0.2, 0.25) is 11.6 Å². The highest BCUT2D eigenvalue weighted by Gasteiger charge is 2.34. The first-order chi connectivity index (χ1) is 13.2. The maximum atomic E-state index is 12.4. The Labute approximate surface area is 159 Å².